The van der Waals surface area contributed by atoms with Crippen molar-refractivity contribution in [2.45, 2.75) is 0 Å². The van der Waals surface area contributed by atoms with Crippen LogP contribution in [0.2, 0.25) is 0 Å². The van der Waals surface area contributed by atoms with Crippen molar-refractivity contribution in [3.05, 3.63) is 164 Å². The van der Waals surface area contributed by atoms with Crippen molar-refractivity contribution in [2.75, 3.05) is 0 Å². The number of benzene rings is 7. The van der Waals surface area contributed by atoms with E-state index < -0.39 is 0 Å². The fraction of sp³-hybridized carbons (Fsp3) is 0. The number of rotatable bonds is 5. The van der Waals surface area contributed by atoms with Crippen molar-refractivity contribution in [1.29, 1.82) is 0 Å². The maximum atomic E-state index is 6.18. The topological polar surface area (TPSA) is 51.8 Å². The first-order chi connectivity index (χ1) is 23.3. The highest BCUT2D eigenvalue weighted by atomic mass is 16.3. The van der Waals surface area contributed by atoms with Gasteiger partial charge in [0, 0.05) is 27.5 Å². The van der Waals surface area contributed by atoms with Gasteiger partial charge in [-0.1, -0.05) is 140 Å². The Morgan fingerprint density at radius 1 is 0.319 bits per heavy atom. The van der Waals surface area contributed by atoms with Crippen LogP contribution in [0.5, 0.6) is 0 Å². The number of furan rings is 1. The van der Waals surface area contributed by atoms with Crippen LogP contribution in [0.25, 0.3) is 89.1 Å². The Morgan fingerprint density at radius 2 is 0.830 bits per heavy atom. The lowest BCUT2D eigenvalue weighted by atomic mass is 9.93. The molecule has 2 heterocycles. The molecular weight excluding hydrogens is 574 g/mol. The van der Waals surface area contributed by atoms with Gasteiger partial charge >= 0.3 is 0 Å². The standard InChI is InChI=1S/C43H27N3O/c1-3-12-28(13-4-1)41-44-42(29-14-5-2-6-15-29)46-43(45-41)33-19-10-17-31(27-33)30-16-9-18-32(26-30)34-21-11-22-36-35(34)24-25-39-40(36)37-20-7-8-23-38(37)47-39/h1-27H. The Kier molecular flexibility index (Phi) is 6.43. The van der Waals surface area contributed by atoms with Gasteiger partial charge in [0.25, 0.3) is 0 Å². The van der Waals surface area contributed by atoms with Gasteiger partial charge in [-0.05, 0) is 57.3 Å². The smallest absolute Gasteiger partial charge is 0.164 e. The molecule has 0 bridgehead atoms. The zero-order chi connectivity index (χ0) is 31.2. The monoisotopic (exact) mass is 601 g/mol. The molecule has 220 valence electrons. The summed E-state index contributed by atoms with van der Waals surface area (Å²) in [4.78, 5) is 14.7. The maximum absolute atomic E-state index is 6.18. The molecule has 0 saturated carbocycles. The zero-order valence-corrected chi connectivity index (χ0v) is 25.3. The van der Waals surface area contributed by atoms with E-state index in [-0.39, 0.29) is 0 Å². The quantitative estimate of drug-likeness (QED) is 0.197. The van der Waals surface area contributed by atoms with E-state index in [1.54, 1.807) is 0 Å². The number of nitrogens with zero attached hydrogens (tertiary/aromatic N) is 3. The Balaban J connectivity index is 1.15. The Hall–Kier alpha value is -6.39. The van der Waals surface area contributed by atoms with Gasteiger partial charge in [0.2, 0.25) is 0 Å². The van der Waals surface area contributed by atoms with Crippen molar-refractivity contribution in [3.63, 3.8) is 0 Å². The van der Waals surface area contributed by atoms with Crippen molar-refractivity contribution in [3.8, 4) is 56.4 Å². The van der Waals surface area contributed by atoms with Crippen molar-refractivity contribution >= 4 is 32.7 Å². The lowest BCUT2D eigenvalue weighted by Crippen LogP contribution is -2.00. The van der Waals surface area contributed by atoms with Crippen LogP contribution in [0.15, 0.2) is 168 Å². The van der Waals surface area contributed by atoms with Gasteiger partial charge in [-0.3, -0.25) is 0 Å². The molecule has 0 fully saturated rings. The van der Waals surface area contributed by atoms with Crippen LogP contribution in [0, 0.1) is 0 Å². The van der Waals surface area contributed by atoms with Crippen molar-refractivity contribution in [1.82, 2.24) is 15.0 Å². The fourth-order valence-electron chi connectivity index (χ4n) is 6.47. The maximum Gasteiger partial charge on any atom is 0.164 e. The lowest BCUT2D eigenvalue weighted by molar-refractivity contribution is 0.669. The third-order valence-electron chi connectivity index (χ3n) is 8.73. The van der Waals surface area contributed by atoms with E-state index in [1.165, 1.54) is 16.3 Å². The normalized spacial score (nSPS) is 11.4. The van der Waals surface area contributed by atoms with Crippen molar-refractivity contribution in [2.24, 2.45) is 0 Å². The SMILES string of the molecule is c1ccc(-c2nc(-c3ccccc3)nc(-c3cccc(-c4cccc(-c5cccc6c5ccc5oc7ccccc7c56)c4)c3)n2)cc1. The summed E-state index contributed by atoms with van der Waals surface area (Å²) in [6.07, 6.45) is 0. The molecule has 9 rings (SSSR count). The summed E-state index contributed by atoms with van der Waals surface area (Å²) in [6, 6.07) is 56.4. The first kappa shape index (κ1) is 27.0. The van der Waals surface area contributed by atoms with E-state index in [9.17, 15) is 0 Å². The van der Waals surface area contributed by atoms with Gasteiger partial charge in [-0.15, -0.1) is 0 Å². The second-order valence-electron chi connectivity index (χ2n) is 11.6. The average Bonchev–Trinajstić information content (AvgIpc) is 3.55. The highest BCUT2D eigenvalue weighted by Crippen LogP contribution is 2.39. The van der Waals surface area contributed by atoms with Crippen LogP contribution >= 0.6 is 0 Å². The van der Waals surface area contributed by atoms with E-state index >= 15 is 0 Å². The minimum Gasteiger partial charge on any atom is -0.456 e. The molecule has 0 amide bonds. The molecule has 0 saturated heterocycles. The molecule has 0 aliphatic carbocycles. The third-order valence-corrected chi connectivity index (χ3v) is 8.73. The molecule has 7 aromatic carbocycles. The summed E-state index contributed by atoms with van der Waals surface area (Å²) < 4.78 is 6.18. The Bertz CT molecular complexity index is 2510. The van der Waals surface area contributed by atoms with Gasteiger partial charge < -0.3 is 4.42 Å². The molecule has 2 aromatic heterocycles. The van der Waals surface area contributed by atoms with Crippen LogP contribution in [0.4, 0.5) is 0 Å². The van der Waals surface area contributed by atoms with Crippen LogP contribution in [-0.2, 0) is 0 Å². The van der Waals surface area contributed by atoms with E-state index in [0.29, 0.717) is 17.5 Å². The minimum atomic E-state index is 0.640. The van der Waals surface area contributed by atoms with Gasteiger partial charge in [0.15, 0.2) is 17.5 Å². The fourth-order valence-corrected chi connectivity index (χ4v) is 6.47. The molecular formula is C43H27N3O. The van der Waals surface area contributed by atoms with Gasteiger partial charge in [0.1, 0.15) is 11.2 Å². The molecule has 4 heteroatoms. The second-order valence-corrected chi connectivity index (χ2v) is 11.6. The van der Waals surface area contributed by atoms with Gasteiger partial charge in [0.05, 0.1) is 0 Å². The predicted molar refractivity (Wildman–Crippen MR) is 192 cm³/mol. The van der Waals surface area contributed by atoms with Gasteiger partial charge in [-0.25, -0.2) is 15.0 Å². The molecule has 4 nitrogen and oxygen atoms in total. The number of para-hydroxylation sites is 1. The van der Waals surface area contributed by atoms with Crippen LogP contribution in [0.1, 0.15) is 0 Å². The molecule has 0 atom stereocenters. The Labute approximate surface area is 271 Å². The van der Waals surface area contributed by atoms with Crippen LogP contribution < -0.4 is 0 Å². The van der Waals surface area contributed by atoms with E-state index in [1.807, 2.05) is 72.8 Å². The summed E-state index contributed by atoms with van der Waals surface area (Å²) in [5.41, 5.74) is 9.21. The highest BCUT2D eigenvalue weighted by Gasteiger charge is 2.15. The molecule has 0 N–H and O–H groups in total. The van der Waals surface area contributed by atoms with Gasteiger partial charge in [-0.2, -0.15) is 0 Å². The number of hydrogen-bond donors (Lipinski definition) is 0. The molecule has 0 unspecified atom stereocenters. The summed E-state index contributed by atoms with van der Waals surface area (Å²) in [5, 5.41) is 4.69. The second kappa shape index (κ2) is 11.2. The number of aromatic nitrogens is 3. The summed E-state index contributed by atoms with van der Waals surface area (Å²) in [5.74, 6) is 1.94. The van der Waals surface area contributed by atoms with E-state index in [2.05, 4.69) is 91.0 Å². The largest absolute Gasteiger partial charge is 0.456 e. The highest BCUT2D eigenvalue weighted by molar-refractivity contribution is 6.20. The molecule has 0 spiro atoms. The third kappa shape index (κ3) is 4.84. The zero-order valence-electron chi connectivity index (χ0n) is 25.3. The minimum absolute atomic E-state index is 0.640. The first-order valence-electron chi connectivity index (χ1n) is 15.7. The lowest BCUT2D eigenvalue weighted by Gasteiger charge is -2.11. The van der Waals surface area contributed by atoms with Crippen molar-refractivity contribution < 1.29 is 4.42 Å². The summed E-state index contributed by atoms with van der Waals surface area (Å²) in [6.45, 7) is 0. The van der Waals surface area contributed by atoms with E-state index in [4.69, 9.17) is 19.4 Å². The first-order valence-corrected chi connectivity index (χ1v) is 15.7. The van der Waals surface area contributed by atoms with E-state index in [0.717, 1.165) is 55.3 Å². The molecule has 0 radical (unpaired) electrons. The summed E-state index contributed by atoms with van der Waals surface area (Å²) >= 11 is 0. The number of hydrogen-bond acceptors (Lipinski definition) is 4. The molecule has 9 aromatic rings. The Morgan fingerprint density at radius 3 is 1.53 bits per heavy atom. The average molecular weight is 602 g/mol. The molecule has 47 heavy (non-hydrogen) atoms. The summed E-state index contributed by atoms with van der Waals surface area (Å²) in [7, 11) is 0. The molecule has 0 aliphatic heterocycles. The van der Waals surface area contributed by atoms with Crippen LogP contribution in [-0.4, -0.2) is 15.0 Å². The van der Waals surface area contributed by atoms with Crippen LogP contribution in [0.3, 0.4) is 0 Å². The number of fused-ring (bicyclic) bond motifs is 5. The molecule has 0 aliphatic rings. The predicted octanol–water partition coefficient (Wildman–Crippen LogP) is 11.3.